The molecule has 2 unspecified atom stereocenters. The lowest BCUT2D eigenvalue weighted by Gasteiger charge is -2.27. The quantitative estimate of drug-likeness (QED) is 0.350. The molecule has 0 spiro atoms. The van der Waals surface area contributed by atoms with Crippen molar-refractivity contribution < 1.29 is 14.0 Å². The second-order valence-electron chi connectivity index (χ2n) is 3.62. The third-order valence-corrected chi connectivity index (χ3v) is 21.8. The number of hydrogen-bond acceptors (Lipinski definition) is 4. The van der Waals surface area contributed by atoms with E-state index in [1.165, 1.54) is 0 Å². The van der Waals surface area contributed by atoms with Gasteiger partial charge in [-0.15, -0.1) is 0 Å². The van der Waals surface area contributed by atoms with E-state index in [1.807, 2.05) is 0 Å². The molecule has 4 nitrogen and oxygen atoms in total. The zero-order valence-electron chi connectivity index (χ0n) is 9.17. The van der Waals surface area contributed by atoms with Crippen LogP contribution >= 0.6 is 0 Å². The van der Waals surface area contributed by atoms with Crippen LogP contribution in [0, 0.1) is 0 Å². The third kappa shape index (κ3) is 4.71. The molecule has 0 aliphatic heterocycles. The van der Waals surface area contributed by atoms with Gasteiger partial charge in [-0.2, -0.15) is 0 Å². The fraction of sp³-hybridized carbons (Fsp3) is 1.00. The average molecular weight is 250 g/mol. The molecule has 2 N–H and O–H groups in total. The van der Waals surface area contributed by atoms with Crippen molar-refractivity contribution in [3.8, 4) is 0 Å². The van der Waals surface area contributed by atoms with Crippen LogP contribution in [0.2, 0.25) is 19.1 Å². The molecule has 83 valence electrons. The molecule has 0 saturated carbocycles. The molecule has 0 heterocycles. The van der Waals surface area contributed by atoms with Gasteiger partial charge in [0, 0.05) is 7.11 Å². The van der Waals surface area contributed by atoms with E-state index in [1.54, 1.807) is 7.11 Å². The van der Waals surface area contributed by atoms with Crippen LogP contribution < -0.4 is 5.32 Å². The topological polar surface area (TPSA) is 58.6 Å². The summed E-state index contributed by atoms with van der Waals surface area (Å²) in [5.41, 5.74) is 0. The van der Waals surface area contributed by atoms with Crippen LogP contribution in [0.15, 0.2) is 0 Å². The van der Waals surface area contributed by atoms with E-state index in [-0.39, 0.29) is 15.7 Å². The van der Waals surface area contributed by atoms with Gasteiger partial charge in [-0.25, -0.2) is 0 Å². The minimum Gasteiger partial charge on any atom is -0.423 e. The molecular weight excluding hydrogens is 230 g/mol. The van der Waals surface area contributed by atoms with E-state index in [0.29, 0.717) is 0 Å². The second-order valence-corrected chi connectivity index (χ2v) is 20.1. The maximum atomic E-state index is 10.9. The molecule has 1 radical (unpaired) electrons. The van der Waals surface area contributed by atoms with Gasteiger partial charge in [0.1, 0.15) is 7.83 Å². The summed E-state index contributed by atoms with van der Waals surface area (Å²) in [4.78, 5) is 0. The molecule has 0 amide bonds. The van der Waals surface area contributed by atoms with Crippen LogP contribution in [0.5, 0.6) is 0 Å². The normalized spacial score (nSPS) is 17.4. The summed E-state index contributed by atoms with van der Waals surface area (Å²) in [6, 6.07) is 1.04. The molecule has 7 heteroatoms. The Morgan fingerprint density at radius 3 is 2.71 bits per heavy atom. The third-order valence-electron chi connectivity index (χ3n) is 2.70. The highest BCUT2D eigenvalue weighted by molar-refractivity contribution is 7.47. The highest BCUT2D eigenvalue weighted by Gasteiger charge is 2.35. The monoisotopic (exact) mass is 250 g/mol. The first kappa shape index (κ1) is 14.3. The van der Waals surface area contributed by atoms with Gasteiger partial charge in [-0.1, -0.05) is 6.55 Å². The number of nitrogens with one attached hydrogen (secondary N) is 1. The van der Waals surface area contributed by atoms with Gasteiger partial charge in [0.2, 0.25) is 0 Å². The molecule has 0 saturated heterocycles. The summed E-state index contributed by atoms with van der Waals surface area (Å²) in [5.74, 6) is 0. The van der Waals surface area contributed by atoms with Crippen LogP contribution in [0.3, 0.4) is 0 Å². The molecule has 0 aliphatic rings. The van der Waals surface area contributed by atoms with E-state index in [9.17, 15) is 4.46 Å². The van der Waals surface area contributed by atoms with Gasteiger partial charge >= 0.3 is 0 Å². The van der Waals surface area contributed by atoms with E-state index >= 15 is 0 Å². The van der Waals surface area contributed by atoms with Crippen molar-refractivity contribution in [2.45, 2.75) is 25.6 Å². The Balaban J connectivity index is 3.92. The molecular formula is C7H20NO3Si3. The molecule has 0 bridgehead atoms. The highest BCUT2D eigenvalue weighted by atomic mass is 29.6. The number of hydrogen-bond donors (Lipinski definition) is 2. The maximum absolute atomic E-state index is 10.9. The SMILES string of the molecule is CO[Si](C)(CCCNCO)[SiH](C)[Si]=O. The molecule has 2 atom stereocenters. The summed E-state index contributed by atoms with van der Waals surface area (Å²) in [6.45, 7) is 5.14. The van der Waals surface area contributed by atoms with Gasteiger partial charge in [0.15, 0.2) is 7.83 Å². The Morgan fingerprint density at radius 1 is 1.64 bits per heavy atom. The van der Waals surface area contributed by atoms with Gasteiger partial charge in [0.25, 0.3) is 8.92 Å². The lowest BCUT2D eigenvalue weighted by Crippen LogP contribution is -2.51. The zero-order valence-corrected chi connectivity index (χ0v) is 12.3. The van der Waals surface area contributed by atoms with Crippen LogP contribution in [0.1, 0.15) is 6.42 Å². The van der Waals surface area contributed by atoms with E-state index in [4.69, 9.17) is 9.53 Å². The van der Waals surface area contributed by atoms with Crippen molar-refractivity contribution in [2.24, 2.45) is 0 Å². The van der Waals surface area contributed by atoms with Crippen molar-refractivity contribution >= 4 is 24.6 Å². The molecule has 0 aromatic rings. The fourth-order valence-electron chi connectivity index (χ4n) is 1.26. The number of aliphatic hydroxyl groups excluding tert-OH is 1. The van der Waals surface area contributed by atoms with Gasteiger partial charge in [-0.3, -0.25) is 5.32 Å². The minimum atomic E-state index is -1.66. The zero-order chi connectivity index (χ0) is 11.0. The number of rotatable bonds is 8. The molecule has 0 rings (SSSR count). The lowest BCUT2D eigenvalue weighted by atomic mass is 10.5. The summed E-state index contributed by atoms with van der Waals surface area (Å²) in [6.07, 6.45) is 0.999. The van der Waals surface area contributed by atoms with Crippen LogP contribution in [0.25, 0.3) is 0 Å². The van der Waals surface area contributed by atoms with Crippen LogP contribution in [0.4, 0.5) is 0 Å². The van der Waals surface area contributed by atoms with Crippen LogP contribution in [-0.4, -0.2) is 50.1 Å². The van der Waals surface area contributed by atoms with Crippen molar-refractivity contribution in [1.82, 2.24) is 5.32 Å². The van der Waals surface area contributed by atoms with Gasteiger partial charge < -0.3 is 14.0 Å². The molecule has 0 aromatic heterocycles. The van der Waals surface area contributed by atoms with E-state index in [2.05, 4.69) is 18.4 Å². The summed E-state index contributed by atoms with van der Waals surface area (Å²) in [5, 5.41) is 11.4. The average Bonchev–Trinajstić information content (AvgIpc) is 2.22. The predicted octanol–water partition coefficient (Wildman–Crippen LogP) is -0.381. The Morgan fingerprint density at radius 2 is 2.29 bits per heavy atom. The van der Waals surface area contributed by atoms with Gasteiger partial charge in [0.05, 0.1) is 6.73 Å². The van der Waals surface area contributed by atoms with Crippen molar-refractivity contribution in [2.75, 3.05) is 20.4 Å². The first-order valence-corrected chi connectivity index (χ1v) is 13.1. The fourth-order valence-corrected chi connectivity index (χ4v) is 11.7. The van der Waals surface area contributed by atoms with E-state index < -0.39 is 15.7 Å². The first-order valence-electron chi connectivity index (χ1n) is 4.85. The second kappa shape index (κ2) is 7.60. The number of aliphatic hydroxyl groups is 1. The van der Waals surface area contributed by atoms with Crippen molar-refractivity contribution in [3.05, 3.63) is 0 Å². The largest absolute Gasteiger partial charge is 0.423 e. The van der Waals surface area contributed by atoms with Crippen molar-refractivity contribution in [3.63, 3.8) is 0 Å². The molecule has 0 aromatic carbocycles. The minimum absolute atomic E-state index is 0.0293. The Hall–Kier alpha value is 0.331. The summed E-state index contributed by atoms with van der Waals surface area (Å²) < 4.78 is 16.5. The molecule has 0 fully saturated rings. The summed E-state index contributed by atoms with van der Waals surface area (Å²) >= 11 is 0. The highest BCUT2D eigenvalue weighted by Crippen LogP contribution is 2.15. The standard InChI is InChI=1S/C7H20NO3Si3/c1-11-14(3,13(2)12-10)6-4-5-8-7-9/h8-9,13H,4-7H2,1-3H3. The smallest absolute Gasteiger partial charge is 0.297 e. The predicted molar refractivity (Wildman–Crippen MR) is 62.6 cm³/mol. The lowest BCUT2D eigenvalue weighted by molar-refractivity contribution is 0.261. The maximum Gasteiger partial charge on any atom is 0.297 e. The van der Waals surface area contributed by atoms with Crippen LogP contribution in [-0.2, 0) is 8.89 Å². The Bertz CT molecular complexity index is 172. The molecule has 0 aliphatic carbocycles. The Kier molecular flexibility index (Phi) is 7.78. The Labute approximate surface area is 90.2 Å². The first-order chi connectivity index (χ1) is 6.60. The van der Waals surface area contributed by atoms with Gasteiger partial charge in [-0.05, 0) is 25.6 Å². The summed E-state index contributed by atoms with van der Waals surface area (Å²) in [7, 11) is -1.22. The molecule has 14 heavy (non-hydrogen) atoms. The van der Waals surface area contributed by atoms with Crippen molar-refractivity contribution in [1.29, 1.82) is 0 Å². The van der Waals surface area contributed by atoms with E-state index in [0.717, 1.165) is 19.0 Å².